The quantitative estimate of drug-likeness (QED) is 0.705. The van der Waals surface area contributed by atoms with E-state index in [1.54, 1.807) is 16.8 Å². The summed E-state index contributed by atoms with van der Waals surface area (Å²) < 4.78 is 15.4. The van der Waals surface area contributed by atoms with E-state index in [1.807, 2.05) is 39.1 Å². The van der Waals surface area contributed by atoms with Crippen molar-refractivity contribution in [2.24, 2.45) is 4.99 Å². The summed E-state index contributed by atoms with van der Waals surface area (Å²) in [6.45, 7) is 7.79. The van der Waals surface area contributed by atoms with E-state index in [0.29, 0.717) is 17.3 Å². The third-order valence-corrected chi connectivity index (χ3v) is 4.72. The average Bonchev–Trinajstić information content (AvgIpc) is 3.24. The Balaban J connectivity index is 1.65. The molecule has 7 nitrogen and oxygen atoms in total. The fraction of sp³-hybridized carbons (Fsp3) is 0.350. The molecule has 0 saturated carbocycles. The molecule has 8 heteroatoms. The van der Waals surface area contributed by atoms with Crippen molar-refractivity contribution in [1.82, 2.24) is 20.1 Å². The minimum absolute atomic E-state index is 0.101. The molecule has 3 aromatic rings. The summed E-state index contributed by atoms with van der Waals surface area (Å²) in [6, 6.07) is 6.65. The standard InChI is InChI=1S/C20H23FN6O/c1-5-13-6-7-14(21)10-15(13)12(2)23-17-8-9-27-19(24-17)16(11-22-27)18-25-20(3,4)28-26-18/h6-12H,5H2,1-4H3,(H,23,24)(H,25,26)/t12-/m1/s1. The Kier molecular flexibility index (Phi) is 4.50. The molecule has 0 spiro atoms. The molecule has 4 rings (SSSR count). The third-order valence-electron chi connectivity index (χ3n) is 4.72. The van der Waals surface area contributed by atoms with Crippen LogP contribution in [0.5, 0.6) is 0 Å². The molecule has 0 radical (unpaired) electrons. The van der Waals surface area contributed by atoms with Crippen molar-refractivity contribution in [2.75, 3.05) is 5.32 Å². The van der Waals surface area contributed by atoms with E-state index >= 15 is 0 Å². The largest absolute Gasteiger partial charge is 0.363 e. The van der Waals surface area contributed by atoms with Gasteiger partial charge in [0, 0.05) is 6.20 Å². The van der Waals surface area contributed by atoms with Crippen LogP contribution in [0.3, 0.4) is 0 Å². The molecule has 0 aliphatic carbocycles. The Morgan fingerprint density at radius 1 is 1.32 bits per heavy atom. The number of anilines is 1. The minimum Gasteiger partial charge on any atom is -0.363 e. The highest BCUT2D eigenvalue weighted by molar-refractivity contribution is 6.03. The van der Waals surface area contributed by atoms with Gasteiger partial charge in [-0.3, -0.25) is 0 Å². The maximum atomic E-state index is 13.8. The van der Waals surface area contributed by atoms with Gasteiger partial charge in [-0.25, -0.2) is 29.2 Å². The third kappa shape index (κ3) is 3.43. The molecule has 28 heavy (non-hydrogen) atoms. The van der Waals surface area contributed by atoms with Crippen molar-refractivity contribution in [2.45, 2.75) is 45.9 Å². The summed E-state index contributed by atoms with van der Waals surface area (Å²) in [7, 11) is 0. The number of halogens is 1. The zero-order chi connectivity index (χ0) is 19.9. The smallest absolute Gasteiger partial charge is 0.182 e. The molecular weight excluding hydrogens is 359 g/mol. The SMILES string of the molecule is CCc1ccc(F)cc1[C@@H](C)Nc1ccn2ncc(C3=NC(C)(C)ON3)c2n1. The van der Waals surface area contributed by atoms with Gasteiger partial charge in [0.15, 0.2) is 17.2 Å². The predicted molar refractivity (Wildman–Crippen MR) is 106 cm³/mol. The molecule has 2 N–H and O–H groups in total. The van der Waals surface area contributed by atoms with Crippen LogP contribution >= 0.6 is 0 Å². The number of hydrogen-bond acceptors (Lipinski definition) is 6. The van der Waals surface area contributed by atoms with Crippen LogP contribution in [-0.4, -0.2) is 26.2 Å². The number of amidine groups is 1. The second-order valence-electron chi connectivity index (χ2n) is 7.31. The summed E-state index contributed by atoms with van der Waals surface area (Å²) in [4.78, 5) is 14.6. The van der Waals surface area contributed by atoms with Crippen LogP contribution in [0.4, 0.5) is 10.2 Å². The first kappa shape index (κ1) is 18.4. The van der Waals surface area contributed by atoms with Crippen LogP contribution in [-0.2, 0) is 11.3 Å². The molecule has 2 aromatic heterocycles. The van der Waals surface area contributed by atoms with Crippen molar-refractivity contribution in [3.8, 4) is 0 Å². The number of hydrogen-bond donors (Lipinski definition) is 2. The van der Waals surface area contributed by atoms with Gasteiger partial charge in [-0.05, 0) is 56.5 Å². The van der Waals surface area contributed by atoms with Crippen molar-refractivity contribution >= 4 is 17.3 Å². The van der Waals surface area contributed by atoms with Gasteiger partial charge < -0.3 is 5.32 Å². The fourth-order valence-corrected chi connectivity index (χ4v) is 3.31. The molecule has 1 aliphatic rings. The molecule has 0 fully saturated rings. The summed E-state index contributed by atoms with van der Waals surface area (Å²) >= 11 is 0. The van der Waals surface area contributed by atoms with Gasteiger partial charge in [-0.15, -0.1) is 0 Å². The maximum absolute atomic E-state index is 13.8. The molecule has 1 atom stereocenters. The van der Waals surface area contributed by atoms with Crippen LogP contribution < -0.4 is 10.8 Å². The fourth-order valence-electron chi connectivity index (χ4n) is 3.31. The summed E-state index contributed by atoms with van der Waals surface area (Å²) in [5.74, 6) is 1.03. The van der Waals surface area contributed by atoms with Gasteiger partial charge in [-0.2, -0.15) is 5.10 Å². The molecule has 0 amide bonds. The number of fused-ring (bicyclic) bond motifs is 1. The molecule has 0 unspecified atom stereocenters. The Morgan fingerprint density at radius 3 is 2.86 bits per heavy atom. The topological polar surface area (TPSA) is 75.8 Å². The lowest BCUT2D eigenvalue weighted by Crippen LogP contribution is -2.23. The first-order chi connectivity index (χ1) is 13.4. The highest BCUT2D eigenvalue weighted by Crippen LogP contribution is 2.25. The monoisotopic (exact) mass is 382 g/mol. The number of aromatic nitrogens is 3. The van der Waals surface area contributed by atoms with E-state index in [0.717, 1.165) is 23.1 Å². The van der Waals surface area contributed by atoms with E-state index in [9.17, 15) is 4.39 Å². The second kappa shape index (κ2) is 6.87. The van der Waals surface area contributed by atoms with Gasteiger partial charge >= 0.3 is 0 Å². The predicted octanol–water partition coefficient (Wildman–Crippen LogP) is 3.62. The number of rotatable bonds is 5. The van der Waals surface area contributed by atoms with Crippen LogP contribution in [0, 0.1) is 5.82 Å². The molecular formula is C20H23FN6O. The highest BCUT2D eigenvalue weighted by Gasteiger charge is 2.28. The maximum Gasteiger partial charge on any atom is 0.182 e. The highest BCUT2D eigenvalue weighted by atomic mass is 19.1. The lowest BCUT2D eigenvalue weighted by atomic mass is 9.99. The van der Waals surface area contributed by atoms with E-state index in [1.165, 1.54) is 6.07 Å². The normalized spacial score (nSPS) is 16.7. The van der Waals surface area contributed by atoms with E-state index in [-0.39, 0.29) is 11.9 Å². The second-order valence-corrected chi connectivity index (χ2v) is 7.31. The molecule has 0 saturated heterocycles. The molecule has 1 aliphatic heterocycles. The minimum atomic E-state index is -0.637. The van der Waals surface area contributed by atoms with Gasteiger partial charge in [0.25, 0.3) is 0 Å². The van der Waals surface area contributed by atoms with Crippen LogP contribution in [0.15, 0.2) is 41.7 Å². The zero-order valence-corrected chi connectivity index (χ0v) is 16.3. The Morgan fingerprint density at radius 2 is 2.14 bits per heavy atom. The van der Waals surface area contributed by atoms with Crippen molar-refractivity contribution in [1.29, 1.82) is 0 Å². The molecule has 0 bridgehead atoms. The van der Waals surface area contributed by atoms with Crippen LogP contribution in [0.2, 0.25) is 0 Å². The summed E-state index contributed by atoms with van der Waals surface area (Å²) in [6.07, 6.45) is 4.37. The Labute approximate surface area is 162 Å². The number of aryl methyl sites for hydroxylation is 1. The van der Waals surface area contributed by atoms with Crippen LogP contribution in [0.25, 0.3) is 5.65 Å². The Bertz CT molecular complexity index is 1060. The van der Waals surface area contributed by atoms with Crippen molar-refractivity contribution in [3.63, 3.8) is 0 Å². The lowest BCUT2D eigenvalue weighted by molar-refractivity contribution is -0.0269. The molecule has 146 valence electrons. The van der Waals surface area contributed by atoms with E-state index in [4.69, 9.17) is 9.82 Å². The summed E-state index contributed by atoms with van der Waals surface area (Å²) in [5, 5.41) is 7.69. The number of aliphatic imine (C=N–C) groups is 1. The number of hydroxylamine groups is 1. The zero-order valence-electron chi connectivity index (χ0n) is 16.3. The first-order valence-corrected chi connectivity index (χ1v) is 9.30. The molecule has 1 aromatic carbocycles. The summed E-state index contributed by atoms with van der Waals surface area (Å²) in [5.41, 5.74) is 5.64. The van der Waals surface area contributed by atoms with Gasteiger partial charge in [0.1, 0.15) is 11.6 Å². The van der Waals surface area contributed by atoms with Gasteiger partial charge in [0.2, 0.25) is 0 Å². The lowest BCUT2D eigenvalue weighted by Gasteiger charge is -2.18. The Hall–Kier alpha value is -3.00. The van der Waals surface area contributed by atoms with Gasteiger partial charge in [0.05, 0.1) is 17.8 Å². The van der Waals surface area contributed by atoms with Crippen molar-refractivity contribution < 1.29 is 9.23 Å². The average molecular weight is 382 g/mol. The van der Waals surface area contributed by atoms with E-state index in [2.05, 4.69) is 27.8 Å². The van der Waals surface area contributed by atoms with Gasteiger partial charge in [-0.1, -0.05) is 13.0 Å². The van der Waals surface area contributed by atoms with Crippen LogP contribution in [0.1, 0.15) is 50.4 Å². The number of benzene rings is 1. The van der Waals surface area contributed by atoms with E-state index < -0.39 is 5.72 Å². The first-order valence-electron chi connectivity index (χ1n) is 9.30. The molecule has 3 heterocycles. The van der Waals surface area contributed by atoms with Crippen molar-refractivity contribution in [3.05, 3.63) is 59.2 Å². The number of nitrogens with one attached hydrogen (secondary N) is 2. The number of nitrogens with zero attached hydrogens (tertiary/aromatic N) is 4.